The van der Waals surface area contributed by atoms with Crippen molar-refractivity contribution < 1.29 is 4.79 Å². The quantitative estimate of drug-likeness (QED) is 0.922. The number of carbonyl (C=O) groups excluding carboxylic acids is 1. The predicted molar refractivity (Wildman–Crippen MR) is 83.1 cm³/mol. The van der Waals surface area contributed by atoms with E-state index >= 15 is 0 Å². The number of thiophene rings is 1. The highest BCUT2D eigenvalue weighted by Crippen LogP contribution is 2.34. The third-order valence-corrected chi connectivity index (χ3v) is 4.61. The van der Waals surface area contributed by atoms with Gasteiger partial charge >= 0.3 is 0 Å². The van der Waals surface area contributed by atoms with Crippen molar-refractivity contribution in [2.24, 2.45) is 0 Å². The molecule has 2 aromatic rings. The van der Waals surface area contributed by atoms with Crippen LogP contribution in [0.5, 0.6) is 0 Å². The highest BCUT2D eigenvalue weighted by Gasteiger charge is 2.29. The van der Waals surface area contributed by atoms with Crippen LogP contribution in [0.1, 0.15) is 30.2 Å². The van der Waals surface area contributed by atoms with Gasteiger partial charge in [0.2, 0.25) is 11.9 Å². The van der Waals surface area contributed by atoms with E-state index in [2.05, 4.69) is 32.8 Å². The summed E-state index contributed by atoms with van der Waals surface area (Å²) < 4.78 is 0. The summed E-state index contributed by atoms with van der Waals surface area (Å²) in [6, 6.07) is 6.21. The van der Waals surface area contributed by atoms with Crippen LogP contribution in [-0.4, -0.2) is 33.9 Å². The number of nitrogens with one attached hydrogen (secondary N) is 1. The number of hydrogen-bond donors (Lipinski definition) is 1. The molecular weight excluding hydrogens is 284 g/mol. The van der Waals surface area contributed by atoms with Crippen molar-refractivity contribution in [3.05, 3.63) is 40.8 Å². The topological polar surface area (TPSA) is 58.1 Å². The number of likely N-dealkylation sites (tertiary alicyclic amines) is 1. The normalized spacial score (nSPS) is 17.9. The molecule has 1 saturated heterocycles. The van der Waals surface area contributed by atoms with Crippen LogP contribution in [0.3, 0.4) is 0 Å². The van der Waals surface area contributed by atoms with Gasteiger partial charge in [0, 0.05) is 36.8 Å². The lowest BCUT2D eigenvalue weighted by molar-refractivity contribution is -0.131. The first-order chi connectivity index (χ1) is 10.3. The molecule has 0 aliphatic carbocycles. The van der Waals surface area contributed by atoms with E-state index in [1.54, 1.807) is 29.8 Å². The molecule has 0 aromatic carbocycles. The van der Waals surface area contributed by atoms with Gasteiger partial charge in [-0.15, -0.1) is 11.3 Å². The highest BCUT2D eigenvalue weighted by atomic mass is 32.1. The third-order valence-electron chi connectivity index (χ3n) is 3.63. The predicted octanol–water partition coefficient (Wildman–Crippen LogP) is 2.70. The van der Waals surface area contributed by atoms with E-state index in [0.29, 0.717) is 18.9 Å². The van der Waals surface area contributed by atoms with Gasteiger partial charge in [-0.2, -0.15) is 0 Å². The average Bonchev–Trinajstić information content (AvgIpc) is 3.19. The molecule has 1 fully saturated rings. The summed E-state index contributed by atoms with van der Waals surface area (Å²) in [5.74, 6) is 0.774. The Kier molecular flexibility index (Phi) is 4.45. The lowest BCUT2D eigenvalue weighted by Gasteiger charge is -2.24. The monoisotopic (exact) mass is 302 g/mol. The number of carbonyl (C=O) groups is 1. The molecule has 3 rings (SSSR count). The Bertz CT molecular complexity index is 573. The molecule has 21 heavy (non-hydrogen) atoms. The largest absolute Gasteiger partial charge is 0.354 e. The van der Waals surface area contributed by atoms with Crippen LogP contribution < -0.4 is 5.32 Å². The highest BCUT2D eigenvalue weighted by molar-refractivity contribution is 7.10. The Balaban J connectivity index is 1.53. The zero-order chi connectivity index (χ0) is 14.5. The Labute approximate surface area is 128 Å². The molecule has 3 heterocycles. The Morgan fingerprint density at radius 3 is 3.00 bits per heavy atom. The van der Waals surface area contributed by atoms with Crippen LogP contribution >= 0.6 is 11.3 Å². The minimum Gasteiger partial charge on any atom is -0.354 e. The van der Waals surface area contributed by atoms with Crippen molar-refractivity contribution in [1.29, 1.82) is 0 Å². The van der Waals surface area contributed by atoms with Gasteiger partial charge in [-0.25, -0.2) is 9.97 Å². The first-order valence-electron chi connectivity index (χ1n) is 7.18. The van der Waals surface area contributed by atoms with Gasteiger partial charge in [0.05, 0.1) is 6.04 Å². The number of nitrogens with zero attached hydrogens (tertiary/aromatic N) is 3. The molecule has 0 radical (unpaired) electrons. The molecule has 0 saturated carbocycles. The van der Waals surface area contributed by atoms with E-state index in [9.17, 15) is 4.79 Å². The molecule has 1 N–H and O–H groups in total. The molecule has 0 unspecified atom stereocenters. The van der Waals surface area contributed by atoms with Crippen molar-refractivity contribution in [2.45, 2.75) is 25.3 Å². The zero-order valence-corrected chi connectivity index (χ0v) is 12.6. The van der Waals surface area contributed by atoms with E-state index < -0.39 is 0 Å². The third kappa shape index (κ3) is 3.39. The smallest absolute Gasteiger partial charge is 0.224 e. The molecular formula is C15H18N4OS. The van der Waals surface area contributed by atoms with Crippen molar-refractivity contribution in [1.82, 2.24) is 14.9 Å². The van der Waals surface area contributed by atoms with Crippen molar-refractivity contribution in [3.8, 4) is 0 Å². The van der Waals surface area contributed by atoms with Crippen LogP contribution in [0, 0.1) is 0 Å². The van der Waals surface area contributed by atoms with Crippen molar-refractivity contribution in [3.63, 3.8) is 0 Å². The fourth-order valence-electron chi connectivity index (χ4n) is 2.66. The SMILES string of the molecule is O=C(CCNc1ncccn1)N1CCC[C@H]1c1cccs1. The fraction of sp³-hybridized carbons (Fsp3) is 0.400. The lowest BCUT2D eigenvalue weighted by atomic mass is 10.2. The number of rotatable bonds is 5. The molecule has 6 heteroatoms. The van der Waals surface area contributed by atoms with E-state index in [4.69, 9.17) is 0 Å². The number of amides is 1. The number of aromatic nitrogens is 2. The fourth-order valence-corrected chi connectivity index (χ4v) is 3.53. The van der Waals surface area contributed by atoms with Crippen LogP contribution in [0.15, 0.2) is 36.0 Å². The summed E-state index contributed by atoms with van der Waals surface area (Å²) >= 11 is 1.73. The van der Waals surface area contributed by atoms with Crippen LogP contribution in [0.2, 0.25) is 0 Å². The van der Waals surface area contributed by atoms with E-state index in [0.717, 1.165) is 19.4 Å². The minimum atomic E-state index is 0.203. The Hall–Kier alpha value is -1.95. The van der Waals surface area contributed by atoms with Crippen LogP contribution in [0.25, 0.3) is 0 Å². The average molecular weight is 302 g/mol. The van der Waals surface area contributed by atoms with E-state index in [-0.39, 0.29) is 11.9 Å². The lowest BCUT2D eigenvalue weighted by Crippen LogP contribution is -2.31. The van der Waals surface area contributed by atoms with E-state index in [1.165, 1.54) is 4.88 Å². The summed E-state index contributed by atoms with van der Waals surface area (Å²) in [7, 11) is 0. The summed E-state index contributed by atoms with van der Waals surface area (Å²) in [5.41, 5.74) is 0. The van der Waals surface area contributed by atoms with Crippen molar-refractivity contribution >= 4 is 23.2 Å². The molecule has 0 bridgehead atoms. The van der Waals surface area contributed by atoms with Gasteiger partial charge in [-0.1, -0.05) is 6.07 Å². The summed E-state index contributed by atoms with van der Waals surface area (Å²) in [4.78, 5) is 23.9. The van der Waals surface area contributed by atoms with Gasteiger partial charge in [0.15, 0.2) is 0 Å². The maximum Gasteiger partial charge on any atom is 0.224 e. The molecule has 1 aliphatic heterocycles. The summed E-state index contributed by atoms with van der Waals surface area (Å²) in [6.07, 6.45) is 6.00. The second-order valence-corrected chi connectivity index (χ2v) is 5.99. The maximum absolute atomic E-state index is 12.4. The molecule has 1 amide bonds. The molecule has 1 aliphatic rings. The van der Waals surface area contributed by atoms with Crippen LogP contribution in [0.4, 0.5) is 5.95 Å². The zero-order valence-electron chi connectivity index (χ0n) is 11.7. The summed E-state index contributed by atoms with van der Waals surface area (Å²) in [5, 5.41) is 5.16. The molecule has 2 aromatic heterocycles. The Morgan fingerprint density at radius 1 is 1.38 bits per heavy atom. The van der Waals surface area contributed by atoms with Gasteiger partial charge in [-0.3, -0.25) is 4.79 Å². The van der Waals surface area contributed by atoms with Gasteiger partial charge in [0.25, 0.3) is 0 Å². The van der Waals surface area contributed by atoms with Gasteiger partial charge in [-0.05, 0) is 30.4 Å². The maximum atomic E-state index is 12.4. The number of anilines is 1. The molecule has 5 nitrogen and oxygen atoms in total. The minimum absolute atomic E-state index is 0.203. The van der Waals surface area contributed by atoms with Gasteiger partial charge < -0.3 is 10.2 Å². The van der Waals surface area contributed by atoms with Crippen LogP contribution in [-0.2, 0) is 4.79 Å². The molecule has 110 valence electrons. The first-order valence-corrected chi connectivity index (χ1v) is 8.06. The second-order valence-electron chi connectivity index (χ2n) is 5.01. The first kappa shape index (κ1) is 14.0. The standard InChI is InChI=1S/C15H18N4OS/c20-14(6-9-18-15-16-7-3-8-17-15)19-10-1-4-12(19)13-5-2-11-21-13/h2-3,5,7-8,11-12H,1,4,6,9-10H2,(H,16,17,18)/t12-/m0/s1. The summed E-state index contributed by atoms with van der Waals surface area (Å²) in [6.45, 7) is 1.43. The number of hydrogen-bond acceptors (Lipinski definition) is 5. The van der Waals surface area contributed by atoms with E-state index in [1.807, 2.05) is 4.90 Å². The molecule has 1 atom stereocenters. The second kappa shape index (κ2) is 6.67. The Morgan fingerprint density at radius 2 is 2.24 bits per heavy atom. The van der Waals surface area contributed by atoms with Gasteiger partial charge in [0.1, 0.15) is 0 Å². The molecule has 0 spiro atoms. The van der Waals surface area contributed by atoms with Crippen molar-refractivity contribution in [2.75, 3.05) is 18.4 Å².